The van der Waals surface area contributed by atoms with Crippen molar-refractivity contribution in [3.63, 3.8) is 0 Å². The number of nitrogens with one attached hydrogen (secondary N) is 1. The molecule has 0 aromatic heterocycles. The molecule has 0 radical (unpaired) electrons. The molecule has 1 heterocycles. The van der Waals surface area contributed by atoms with Crippen LogP contribution < -0.4 is 20.7 Å². The van der Waals surface area contributed by atoms with Gasteiger partial charge in [-0.2, -0.15) is 0 Å². The van der Waals surface area contributed by atoms with E-state index >= 15 is 0 Å². The van der Waals surface area contributed by atoms with Crippen LogP contribution in [-0.2, 0) is 9.59 Å². The third-order valence-corrected chi connectivity index (χ3v) is 5.47. The van der Waals surface area contributed by atoms with Gasteiger partial charge in [0.1, 0.15) is 11.8 Å². The molecule has 1 saturated carbocycles. The average Bonchev–Trinajstić information content (AvgIpc) is 2.95. The van der Waals surface area contributed by atoms with Gasteiger partial charge in [0.15, 0.2) is 0 Å². The summed E-state index contributed by atoms with van der Waals surface area (Å²) in [6.07, 6.45) is 4.29. The number of hydrogen-bond acceptors (Lipinski definition) is 4. The zero-order valence-corrected chi connectivity index (χ0v) is 16.2. The zero-order valence-electron chi connectivity index (χ0n) is 15.4. The Morgan fingerprint density at radius 2 is 2.04 bits per heavy atom. The molecule has 2 fully saturated rings. The van der Waals surface area contributed by atoms with Crippen molar-refractivity contribution >= 4 is 29.9 Å². The molecule has 1 saturated heterocycles. The Bertz CT molecular complexity index is 665. The Balaban J connectivity index is 0.00000243. The number of hydrogen-bond donors (Lipinski definition) is 2. The molecule has 144 valence electrons. The smallest absolute Gasteiger partial charge is 0.249 e. The predicted octanol–water partition coefficient (Wildman–Crippen LogP) is 2.25. The first kappa shape index (κ1) is 20.5. The van der Waals surface area contributed by atoms with Crippen molar-refractivity contribution in [2.45, 2.75) is 50.6 Å². The van der Waals surface area contributed by atoms with Gasteiger partial charge in [-0.05, 0) is 38.3 Å². The van der Waals surface area contributed by atoms with Crippen molar-refractivity contribution < 1.29 is 14.3 Å². The van der Waals surface area contributed by atoms with Gasteiger partial charge in [-0.25, -0.2) is 0 Å². The first-order valence-corrected chi connectivity index (χ1v) is 8.97. The topological polar surface area (TPSA) is 84.7 Å². The van der Waals surface area contributed by atoms with E-state index in [1.165, 1.54) is 0 Å². The van der Waals surface area contributed by atoms with E-state index in [1.54, 1.807) is 12.0 Å². The summed E-state index contributed by atoms with van der Waals surface area (Å²) in [6.45, 7) is 2.50. The van der Waals surface area contributed by atoms with Crippen molar-refractivity contribution in [3.8, 4) is 5.75 Å². The zero-order chi connectivity index (χ0) is 18.0. The molecule has 26 heavy (non-hydrogen) atoms. The van der Waals surface area contributed by atoms with E-state index in [-0.39, 0.29) is 30.1 Å². The molecule has 7 heteroatoms. The van der Waals surface area contributed by atoms with Crippen LogP contribution in [0.25, 0.3) is 0 Å². The van der Waals surface area contributed by atoms with Crippen molar-refractivity contribution in [3.05, 3.63) is 24.3 Å². The van der Waals surface area contributed by atoms with Crippen LogP contribution in [0.5, 0.6) is 5.75 Å². The van der Waals surface area contributed by atoms with Crippen LogP contribution in [0.15, 0.2) is 24.3 Å². The molecule has 6 nitrogen and oxygen atoms in total. The number of methoxy groups -OCH3 is 1. The fraction of sp³-hybridized carbons (Fsp3) is 0.579. The van der Waals surface area contributed by atoms with Crippen LogP contribution in [0.4, 0.5) is 5.69 Å². The molecule has 2 amide bonds. The molecule has 0 bridgehead atoms. The molecule has 3 unspecified atom stereocenters. The van der Waals surface area contributed by atoms with E-state index in [2.05, 4.69) is 5.32 Å². The van der Waals surface area contributed by atoms with Gasteiger partial charge in [-0.15, -0.1) is 12.4 Å². The third-order valence-electron chi connectivity index (χ3n) is 5.47. The van der Waals surface area contributed by atoms with Crippen molar-refractivity contribution in [1.82, 2.24) is 5.32 Å². The minimum absolute atomic E-state index is 0. The summed E-state index contributed by atoms with van der Waals surface area (Å²) in [5.74, 6) is 0.247. The highest BCUT2D eigenvalue weighted by atomic mass is 35.5. The lowest BCUT2D eigenvalue weighted by Gasteiger charge is -2.37. The number of halogens is 1. The molecule has 1 aromatic carbocycles. The monoisotopic (exact) mass is 381 g/mol. The van der Waals surface area contributed by atoms with E-state index < -0.39 is 11.6 Å². The maximum Gasteiger partial charge on any atom is 0.249 e. The van der Waals surface area contributed by atoms with Gasteiger partial charge in [0.25, 0.3) is 0 Å². The van der Waals surface area contributed by atoms with Gasteiger partial charge in [-0.3, -0.25) is 9.59 Å². The largest absolute Gasteiger partial charge is 0.495 e. The van der Waals surface area contributed by atoms with Crippen LogP contribution in [-0.4, -0.2) is 37.0 Å². The number of benzene rings is 1. The normalized spacial score (nSPS) is 28.4. The van der Waals surface area contributed by atoms with Crippen LogP contribution >= 0.6 is 12.4 Å². The highest BCUT2D eigenvalue weighted by Crippen LogP contribution is 2.33. The van der Waals surface area contributed by atoms with E-state index in [4.69, 9.17) is 10.5 Å². The summed E-state index contributed by atoms with van der Waals surface area (Å²) in [7, 11) is 1.59. The van der Waals surface area contributed by atoms with Crippen molar-refractivity contribution in [2.24, 2.45) is 11.7 Å². The summed E-state index contributed by atoms with van der Waals surface area (Å²) in [5.41, 5.74) is 6.57. The quantitative estimate of drug-likeness (QED) is 0.837. The molecular weight excluding hydrogens is 354 g/mol. The Hall–Kier alpha value is -1.79. The Kier molecular flexibility index (Phi) is 6.53. The Labute approximate surface area is 160 Å². The van der Waals surface area contributed by atoms with Crippen LogP contribution in [0.3, 0.4) is 0 Å². The summed E-state index contributed by atoms with van der Waals surface area (Å²) >= 11 is 0. The second-order valence-corrected chi connectivity index (χ2v) is 7.32. The standard InChI is InChI=1S/C19H27N3O3.ClH/c1-19(20)11-6-5-7-13(19)17(23)21-14-10-12-22(18(14)24)15-8-3-4-9-16(15)25-2;/h3-4,8-9,13-14H,5-7,10-12,20H2,1-2H3,(H,21,23);1H. The second-order valence-electron chi connectivity index (χ2n) is 7.32. The molecule has 2 aliphatic rings. The maximum absolute atomic E-state index is 12.8. The van der Waals surface area contributed by atoms with Gasteiger partial charge in [0, 0.05) is 12.1 Å². The van der Waals surface area contributed by atoms with Crippen molar-refractivity contribution in [2.75, 3.05) is 18.6 Å². The minimum atomic E-state index is -0.494. The first-order valence-electron chi connectivity index (χ1n) is 8.97. The summed E-state index contributed by atoms with van der Waals surface area (Å²) in [5, 5.41) is 2.94. The molecule has 1 aromatic rings. The van der Waals surface area contributed by atoms with Gasteiger partial charge in [0.2, 0.25) is 11.8 Å². The highest BCUT2D eigenvalue weighted by Gasteiger charge is 2.41. The fourth-order valence-corrected chi connectivity index (χ4v) is 3.97. The van der Waals surface area contributed by atoms with Crippen LogP contribution in [0.1, 0.15) is 39.0 Å². The number of para-hydroxylation sites is 2. The average molecular weight is 382 g/mol. The molecule has 1 aliphatic heterocycles. The molecular formula is C19H28ClN3O3. The number of carbonyl (C=O) groups excluding carboxylic acids is 2. The lowest BCUT2D eigenvalue weighted by atomic mass is 9.74. The van der Waals surface area contributed by atoms with Crippen molar-refractivity contribution in [1.29, 1.82) is 0 Å². The third kappa shape index (κ3) is 3.96. The molecule has 3 N–H and O–H groups in total. The van der Waals surface area contributed by atoms with Crippen LogP contribution in [0.2, 0.25) is 0 Å². The van der Waals surface area contributed by atoms with E-state index in [0.717, 1.165) is 31.4 Å². The lowest BCUT2D eigenvalue weighted by molar-refractivity contribution is -0.131. The number of ether oxygens (including phenoxy) is 1. The van der Waals surface area contributed by atoms with Gasteiger partial charge in [-0.1, -0.05) is 25.0 Å². The van der Waals surface area contributed by atoms with E-state index in [9.17, 15) is 9.59 Å². The molecule has 1 aliphatic carbocycles. The summed E-state index contributed by atoms with van der Waals surface area (Å²) in [6, 6.07) is 6.94. The number of nitrogens with two attached hydrogens (primary N) is 1. The highest BCUT2D eigenvalue weighted by molar-refractivity contribution is 6.02. The second kappa shape index (κ2) is 8.27. The minimum Gasteiger partial charge on any atom is -0.495 e. The first-order chi connectivity index (χ1) is 11.9. The Morgan fingerprint density at radius 1 is 1.31 bits per heavy atom. The summed E-state index contributed by atoms with van der Waals surface area (Å²) in [4.78, 5) is 27.2. The summed E-state index contributed by atoms with van der Waals surface area (Å²) < 4.78 is 5.35. The maximum atomic E-state index is 12.8. The van der Waals surface area contributed by atoms with Gasteiger partial charge < -0.3 is 20.7 Å². The number of carbonyl (C=O) groups is 2. The number of amides is 2. The molecule has 3 rings (SSSR count). The molecule has 0 spiro atoms. The number of anilines is 1. The number of rotatable bonds is 4. The molecule has 3 atom stereocenters. The van der Waals surface area contributed by atoms with E-state index in [0.29, 0.717) is 18.7 Å². The van der Waals surface area contributed by atoms with Gasteiger partial charge in [0.05, 0.1) is 18.7 Å². The predicted molar refractivity (Wildman–Crippen MR) is 104 cm³/mol. The van der Waals surface area contributed by atoms with Gasteiger partial charge >= 0.3 is 0 Å². The Morgan fingerprint density at radius 3 is 2.73 bits per heavy atom. The fourth-order valence-electron chi connectivity index (χ4n) is 3.97. The SMILES string of the molecule is COc1ccccc1N1CCC(NC(=O)C2CCCCC2(C)N)C1=O.Cl. The van der Waals surface area contributed by atoms with Crippen LogP contribution in [0, 0.1) is 5.92 Å². The number of nitrogens with zero attached hydrogens (tertiary/aromatic N) is 1. The lowest BCUT2D eigenvalue weighted by Crippen LogP contribution is -2.55. The van der Waals surface area contributed by atoms with E-state index in [1.807, 2.05) is 31.2 Å².